The van der Waals surface area contributed by atoms with Crippen LogP contribution in [0.25, 0.3) is 43.6 Å². The van der Waals surface area contributed by atoms with E-state index in [9.17, 15) is 0 Å². The van der Waals surface area contributed by atoms with Gasteiger partial charge in [0, 0.05) is 84.9 Å². The molecule has 1 aliphatic rings. The number of fused-ring (bicyclic) bond motifs is 6. The molecule has 2 aromatic carbocycles. The molecule has 0 amide bonds. The highest BCUT2D eigenvalue weighted by atomic mass is 15.3. The Morgan fingerprint density at radius 2 is 0.974 bits per heavy atom. The first kappa shape index (κ1) is 23.4. The second-order valence-electron chi connectivity index (χ2n) is 10.5. The Bertz CT molecular complexity index is 1640. The number of benzene rings is 2. The van der Waals surface area contributed by atoms with Gasteiger partial charge in [-0.2, -0.15) is 0 Å². The smallest absolute Gasteiger partial charge is 0.0677 e. The van der Waals surface area contributed by atoms with Crippen molar-refractivity contribution in [2.75, 3.05) is 26.2 Å². The predicted molar refractivity (Wildman–Crippen MR) is 156 cm³/mol. The average Bonchev–Trinajstić information content (AvgIpc) is 3.45. The van der Waals surface area contributed by atoms with Crippen LogP contribution in [0.4, 0.5) is 0 Å². The van der Waals surface area contributed by atoms with E-state index >= 15 is 0 Å². The van der Waals surface area contributed by atoms with Crippen LogP contribution in [-0.2, 0) is 26.2 Å². The molecule has 1 saturated heterocycles. The minimum Gasteiger partial charge on any atom is -0.339 e. The van der Waals surface area contributed by atoms with Gasteiger partial charge in [0.2, 0.25) is 0 Å². The Labute approximate surface area is 223 Å². The van der Waals surface area contributed by atoms with Crippen LogP contribution in [-0.4, -0.2) is 55.1 Å². The van der Waals surface area contributed by atoms with E-state index in [0.29, 0.717) is 0 Å². The van der Waals surface area contributed by atoms with Crippen molar-refractivity contribution in [1.29, 1.82) is 0 Å². The topological polar surface area (TPSA) is 42.1 Å². The van der Waals surface area contributed by atoms with Crippen LogP contribution in [0.5, 0.6) is 0 Å². The van der Waals surface area contributed by atoms with Gasteiger partial charge in [-0.05, 0) is 38.1 Å². The molecule has 4 aromatic heterocycles. The SMILES string of the molecule is CCn1c2ccccc2c2cc(CN3CCN(Cc4cc5c6ccccc6n(CC)c5cn4)CC3)ncc21. The number of aryl methyl sites for hydroxylation is 2. The van der Waals surface area contributed by atoms with E-state index in [1.807, 2.05) is 0 Å². The minimum atomic E-state index is 0.899. The van der Waals surface area contributed by atoms with Crippen LogP contribution in [0.1, 0.15) is 25.2 Å². The quantitative estimate of drug-likeness (QED) is 0.278. The first-order chi connectivity index (χ1) is 18.7. The Balaban J connectivity index is 1.05. The van der Waals surface area contributed by atoms with E-state index in [1.54, 1.807) is 0 Å². The molecular formula is C32H34N6. The van der Waals surface area contributed by atoms with E-state index < -0.39 is 0 Å². The van der Waals surface area contributed by atoms with Gasteiger partial charge in [-0.3, -0.25) is 19.8 Å². The van der Waals surface area contributed by atoms with Crippen LogP contribution in [0.3, 0.4) is 0 Å². The van der Waals surface area contributed by atoms with Crippen molar-refractivity contribution >= 4 is 43.6 Å². The van der Waals surface area contributed by atoms with Crippen molar-refractivity contribution in [3.63, 3.8) is 0 Å². The fourth-order valence-corrected chi connectivity index (χ4v) is 6.40. The lowest BCUT2D eigenvalue weighted by Gasteiger charge is -2.34. The Morgan fingerprint density at radius 3 is 1.39 bits per heavy atom. The zero-order valence-electron chi connectivity index (χ0n) is 22.3. The number of para-hydroxylation sites is 2. The number of rotatable bonds is 6. The van der Waals surface area contributed by atoms with Gasteiger partial charge >= 0.3 is 0 Å². The fourth-order valence-electron chi connectivity index (χ4n) is 6.40. The molecule has 0 atom stereocenters. The standard InChI is InChI=1S/C32H34N6/c1-3-37-29-11-7-5-9-25(29)27-17-23(33-19-31(27)37)21-35-13-15-36(16-14-35)22-24-18-28-26-10-6-8-12-30(26)38(4-2)32(28)20-34-24/h5-12,17-20H,3-4,13-16,21-22H2,1-2H3. The molecule has 0 spiro atoms. The third kappa shape index (κ3) is 3.87. The van der Waals surface area contributed by atoms with E-state index in [-0.39, 0.29) is 0 Å². The number of hydrogen-bond donors (Lipinski definition) is 0. The maximum absolute atomic E-state index is 4.87. The van der Waals surface area contributed by atoms with Gasteiger partial charge in [0.05, 0.1) is 34.8 Å². The lowest BCUT2D eigenvalue weighted by atomic mass is 10.1. The molecule has 0 bridgehead atoms. The number of piperazine rings is 1. The maximum Gasteiger partial charge on any atom is 0.0677 e. The monoisotopic (exact) mass is 502 g/mol. The lowest BCUT2D eigenvalue weighted by Crippen LogP contribution is -2.45. The molecule has 7 rings (SSSR count). The van der Waals surface area contributed by atoms with Crippen LogP contribution < -0.4 is 0 Å². The van der Waals surface area contributed by atoms with Crippen LogP contribution in [0.15, 0.2) is 73.1 Å². The zero-order valence-corrected chi connectivity index (χ0v) is 22.3. The van der Waals surface area contributed by atoms with E-state index in [1.165, 1.54) is 43.6 Å². The molecule has 6 aromatic rings. The van der Waals surface area contributed by atoms with Crippen molar-refractivity contribution in [3.05, 3.63) is 84.4 Å². The first-order valence-corrected chi connectivity index (χ1v) is 13.9. The van der Waals surface area contributed by atoms with Gasteiger partial charge < -0.3 is 9.13 Å². The molecule has 0 aliphatic carbocycles. The van der Waals surface area contributed by atoms with Gasteiger partial charge in [-0.25, -0.2) is 0 Å². The number of nitrogens with zero attached hydrogens (tertiary/aromatic N) is 6. The lowest BCUT2D eigenvalue weighted by molar-refractivity contribution is 0.120. The van der Waals surface area contributed by atoms with Crippen LogP contribution in [0.2, 0.25) is 0 Å². The normalized spacial score (nSPS) is 15.4. The van der Waals surface area contributed by atoms with Crippen molar-refractivity contribution < 1.29 is 0 Å². The third-order valence-electron chi connectivity index (χ3n) is 8.30. The summed E-state index contributed by atoms with van der Waals surface area (Å²) in [5.41, 5.74) is 7.36. The van der Waals surface area contributed by atoms with E-state index in [4.69, 9.17) is 9.97 Å². The molecule has 0 radical (unpaired) electrons. The van der Waals surface area contributed by atoms with Gasteiger partial charge in [0.15, 0.2) is 0 Å². The molecule has 1 fully saturated rings. The first-order valence-electron chi connectivity index (χ1n) is 13.9. The number of aromatic nitrogens is 4. The average molecular weight is 503 g/mol. The summed E-state index contributed by atoms with van der Waals surface area (Å²) in [5.74, 6) is 0. The number of hydrogen-bond acceptors (Lipinski definition) is 4. The minimum absolute atomic E-state index is 0.899. The van der Waals surface area contributed by atoms with Gasteiger partial charge in [0.1, 0.15) is 0 Å². The summed E-state index contributed by atoms with van der Waals surface area (Å²) in [6.45, 7) is 12.3. The molecule has 5 heterocycles. The van der Waals surface area contributed by atoms with E-state index in [0.717, 1.165) is 63.7 Å². The second kappa shape index (κ2) is 9.53. The molecule has 0 N–H and O–H groups in total. The fraction of sp³-hybridized carbons (Fsp3) is 0.312. The van der Waals surface area contributed by atoms with Crippen LogP contribution >= 0.6 is 0 Å². The van der Waals surface area contributed by atoms with Gasteiger partial charge in [-0.15, -0.1) is 0 Å². The molecule has 192 valence electrons. The molecule has 0 unspecified atom stereocenters. The van der Waals surface area contributed by atoms with Crippen molar-refractivity contribution in [2.24, 2.45) is 0 Å². The molecule has 6 heteroatoms. The zero-order chi connectivity index (χ0) is 25.6. The Hall–Kier alpha value is -3.74. The van der Waals surface area contributed by atoms with Crippen molar-refractivity contribution in [3.8, 4) is 0 Å². The van der Waals surface area contributed by atoms with Crippen LogP contribution in [0, 0.1) is 0 Å². The number of pyridine rings is 2. The van der Waals surface area contributed by atoms with E-state index in [2.05, 4.69) is 106 Å². The summed E-state index contributed by atoms with van der Waals surface area (Å²) in [4.78, 5) is 14.8. The van der Waals surface area contributed by atoms with Gasteiger partial charge in [-0.1, -0.05) is 36.4 Å². The Kier molecular flexibility index (Phi) is 5.87. The second-order valence-corrected chi connectivity index (χ2v) is 10.5. The molecule has 0 saturated carbocycles. The largest absolute Gasteiger partial charge is 0.339 e. The summed E-state index contributed by atoms with van der Waals surface area (Å²) in [7, 11) is 0. The highest BCUT2D eigenvalue weighted by Crippen LogP contribution is 2.30. The van der Waals surface area contributed by atoms with Crippen molar-refractivity contribution in [2.45, 2.75) is 40.0 Å². The summed E-state index contributed by atoms with van der Waals surface area (Å²) in [6.07, 6.45) is 4.14. The third-order valence-corrected chi connectivity index (χ3v) is 8.30. The van der Waals surface area contributed by atoms with Crippen molar-refractivity contribution in [1.82, 2.24) is 28.9 Å². The summed E-state index contributed by atoms with van der Waals surface area (Å²) in [6, 6.07) is 22.0. The molecule has 1 aliphatic heterocycles. The van der Waals surface area contributed by atoms with Gasteiger partial charge in [0.25, 0.3) is 0 Å². The predicted octanol–water partition coefficient (Wildman–Crippen LogP) is 6.05. The summed E-state index contributed by atoms with van der Waals surface area (Å²) in [5, 5.41) is 5.28. The molecule has 38 heavy (non-hydrogen) atoms. The maximum atomic E-state index is 4.87. The highest BCUT2D eigenvalue weighted by Gasteiger charge is 2.20. The Morgan fingerprint density at radius 1 is 0.553 bits per heavy atom. The summed E-state index contributed by atoms with van der Waals surface area (Å²) >= 11 is 0. The molecule has 6 nitrogen and oxygen atoms in total. The highest BCUT2D eigenvalue weighted by molar-refractivity contribution is 6.08. The molecular weight excluding hydrogens is 468 g/mol. The summed E-state index contributed by atoms with van der Waals surface area (Å²) < 4.78 is 4.73.